The molecule has 2 aliphatic rings. The van der Waals surface area contributed by atoms with Crippen molar-refractivity contribution < 1.29 is 23.0 Å². The van der Waals surface area contributed by atoms with E-state index in [2.05, 4.69) is 20.3 Å². The third-order valence-electron chi connectivity index (χ3n) is 6.74. The van der Waals surface area contributed by atoms with Crippen molar-refractivity contribution in [2.24, 2.45) is 0 Å². The molecule has 3 aromatic rings. The third-order valence-corrected chi connectivity index (χ3v) is 6.74. The average Bonchev–Trinajstić information content (AvgIpc) is 3.28. The second-order valence-corrected chi connectivity index (χ2v) is 9.41. The lowest BCUT2D eigenvalue weighted by Crippen LogP contribution is -2.31. The van der Waals surface area contributed by atoms with E-state index in [4.69, 9.17) is 14.2 Å². The number of benzene rings is 1. The molecule has 2 aromatic heterocycles. The van der Waals surface area contributed by atoms with Crippen LogP contribution in [0.5, 0.6) is 0 Å². The molecule has 8 nitrogen and oxygen atoms in total. The zero-order valence-corrected chi connectivity index (χ0v) is 20.5. The van der Waals surface area contributed by atoms with Crippen LogP contribution in [0.25, 0.3) is 16.9 Å². The fourth-order valence-corrected chi connectivity index (χ4v) is 4.99. The van der Waals surface area contributed by atoms with Gasteiger partial charge in [-0.05, 0) is 64.0 Å². The van der Waals surface area contributed by atoms with Gasteiger partial charge in [0.25, 0.3) is 6.43 Å². The lowest BCUT2D eigenvalue weighted by molar-refractivity contribution is -0.172. The minimum atomic E-state index is -2.72. The normalized spacial score (nSPS) is 22.8. The summed E-state index contributed by atoms with van der Waals surface area (Å²) in [6.45, 7) is 3.67. The molecule has 3 heterocycles. The van der Waals surface area contributed by atoms with Crippen LogP contribution in [0.3, 0.4) is 0 Å². The summed E-state index contributed by atoms with van der Waals surface area (Å²) in [6.07, 6.45) is 4.39. The highest BCUT2D eigenvalue weighted by Gasteiger charge is 2.24. The van der Waals surface area contributed by atoms with Gasteiger partial charge in [0.15, 0.2) is 12.1 Å². The lowest BCUT2D eigenvalue weighted by atomic mass is 9.93. The first kappa shape index (κ1) is 25.0. The van der Waals surface area contributed by atoms with E-state index in [-0.39, 0.29) is 24.3 Å². The van der Waals surface area contributed by atoms with Gasteiger partial charge < -0.3 is 19.5 Å². The summed E-state index contributed by atoms with van der Waals surface area (Å²) in [4.78, 5) is 13.1. The largest absolute Gasteiger partial charge is 0.376 e. The molecule has 194 valence electrons. The van der Waals surface area contributed by atoms with Gasteiger partial charge in [-0.1, -0.05) is 12.1 Å². The second-order valence-electron chi connectivity index (χ2n) is 9.41. The summed E-state index contributed by atoms with van der Waals surface area (Å²) in [5.41, 5.74) is 1.10. The van der Waals surface area contributed by atoms with Crippen molar-refractivity contribution >= 4 is 16.9 Å². The fraction of sp³-hybridized carbons (Fsp3) is 0.577. The van der Waals surface area contributed by atoms with E-state index >= 15 is 0 Å². The molecule has 10 heteroatoms. The van der Waals surface area contributed by atoms with Crippen LogP contribution in [0.1, 0.15) is 63.0 Å². The Bertz CT molecular complexity index is 1140. The monoisotopic (exact) mass is 501 g/mol. The van der Waals surface area contributed by atoms with Gasteiger partial charge >= 0.3 is 0 Å². The third kappa shape index (κ3) is 5.99. The average molecular weight is 502 g/mol. The number of nitrogens with one attached hydrogen (secondary N) is 1. The van der Waals surface area contributed by atoms with Crippen LogP contribution in [0.15, 0.2) is 30.3 Å². The van der Waals surface area contributed by atoms with Gasteiger partial charge in [-0.15, -0.1) is 0 Å². The highest BCUT2D eigenvalue weighted by molar-refractivity contribution is 5.78. The molecule has 1 N–H and O–H groups in total. The molecule has 2 fully saturated rings. The van der Waals surface area contributed by atoms with Crippen molar-refractivity contribution in [3.8, 4) is 5.82 Å². The predicted octanol–water partition coefficient (Wildman–Crippen LogP) is 5.34. The molecule has 1 atom stereocenters. The summed E-state index contributed by atoms with van der Waals surface area (Å²) < 4.78 is 46.4. The standard InChI is InChI=1S/C26H33F2N5O3/c1-17-29-22(16-23(30-17)33-21-7-3-2-6-20(21)32-26(33)25(27)28)31-18-9-11-19(12-10-18)34-14-15-36-24-8-4-5-13-35-24/h2-3,6-7,16,18-19,24-25H,4-5,8-15H2,1H3,(H,29,30,31)/t18-,19-,24?. The number of hydrogen-bond acceptors (Lipinski definition) is 7. The predicted molar refractivity (Wildman–Crippen MR) is 132 cm³/mol. The first-order valence-electron chi connectivity index (χ1n) is 12.8. The van der Waals surface area contributed by atoms with Gasteiger partial charge in [0.05, 0.1) is 30.4 Å². The van der Waals surface area contributed by atoms with Gasteiger partial charge in [0.2, 0.25) is 0 Å². The second kappa shape index (κ2) is 11.6. The molecule has 36 heavy (non-hydrogen) atoms. The summed E-state index contributed by atoms with van der Waals surface area (Å²) in [7, 11) is 0. The Morgan fingerprint density at radius 1 is 1.03 bits per heavy atom. The van der Waals surface area contributed by atoms with E-state index in [1.165, 1.54) is 4.57 Å². The molecule has 0 spiro atoms. The van der Waals surface area contributed by atoms with Gasteiger partial charge in [-0.25, -0.2) is 23.7 Å². The molecule has 1 saturated carbocycles. The number of rotatable bonds is 9. The molecule has 1 saturated heterocycles. The number of alkyl halides is 2. The molecule has 1 aromatic carbocycles. The first-order valence-corrected chi connectivity index (χ1v) is 12.8. The molecule has 0 radical (unpaired) electrons. The lowest BCUT2D eigenvalue weighted by Gasteiger charge is -2.30. The van der Waals surface area contributed by atoms with Crippen LogP contribution in [0.4, 0.5) is 14.6 Å². The Labute approximate surface area is 209 Å². The van der Waals surface area contributed by atoms with Crippen LogP contribution in [-0.4, -0.2) is 57.8 Å². The minimum Gasteiger partial charge on any atom is -0.376 e. The SMILES string of the molecule is Cc1nc(N[C@H]2CC[C@H](OCCOC3CCCCO3)CC2)cc(-n2c(C(F)F)nc3ccccc32)n1. The number of halogens is 2. The number of aromatic nitrogens is 4. The van der Waals surface area contributed by atoms with E-state index < -0.39 is 6.43 Å². The maximum Gasteiger partial charge on any atom is 0.296 e. The summed E-state index contributed by atoms with van der Waals surface area (Å²) in [5.74, 6) is 1.19. The van der Waals surface area contributed by atoms with Crippen LogP contribution in [0.2, 0.25) is 0 Å². The zero-order valence-electron chi connectivity index (χ0n) is 20.5. The van der Waals surface area contributed by atoms with E-state index in [1.807, 2.05) is 0 Å². The molecular weight excluding hydrogens is 468 g/mol. The number of fused-ring (bicyclic) bond motifs is 1. The minimum absolute atomic E-state index is 0.0828. The number of imidazole rings is 1. The number of para-hydroxylation sites is 2. The van der Waals surface area contributed by atoms with E-state index in [9.17, 15) is 8.78 Å². The topological polar surface area (TPSA) is 83.3 Å². The Morgan fingerprint density at radius 2 is 1.83 bits per heavy atom. The van der Waals surface area contributed by atoms with Crippen molar-refractivity contribution in [3.05, 3.63) is 42.0 Å². The van der Waals surface area contributed by atoms with Gasteiger partial charge in [-0.3, -0.25) is 4.57 Å². The van der Waals surface area contributed by atoms with E-state index in [1.54, 1.807) is 37.3 Å². The Morgan fingerprint density at radius 3 is 2.61 bits per heavy atom. The molecular formula is C26H33F2N5O3. The highest BCUT2D eigenvalue weighted by Crippen LogP contribution is 2.29. The molecule has 1 aliphatic carbocycles. The Hall–Kier alpha value is -2.69. The van der Waals surface area contributed by atoms with E-state index in [0.29, 0.717) is 41.7 Å². The van der Waals surface area contributed by atoms with Crippen LogP contribution in [-0.2, 0) is 14.2 Å². The molecule has 0 bridgehead atoms. The van der Waals surface area contributed by atoms with Crippen molar-refractivity contribution in [3.63, 3.8) is 0 Å². The fourth-order valence-electron chi connectivity index (χ4n) is 4.99. The maximum absolute atomic E-state index is 13.8. The highest BCUT2D eigenvalue weighted by atomic mass is 19.3. The quantitative estimate of drug-likeness (QED) is 0.396. The van der Waals surface area contributed by atoms with Crippen molar-refractivity contribution in [2.75, 3.05) is 25.1 Å². The summed E-state index contributed by atoms with van der Waals surface area (Å²) >= 11 is 0. The Kier molecular flexibility index (Phi) is 8.03. The van der Waals surface area contributed by atoms with E-state index in [0.717, 1.165) is 51.6 Å². The first-order chi connectivity index (χ1) is 17.6. The number of nitrogens with zero attached hydrogens (tertiary/aromatic N) is 4. The van der Waals surface area contributed by atoms with Crippen molar-refractivity contribution in [1.82, 2.24) is 19.5 Å². The van der Waals surface area contributed by atoms with Crippen molar-refractivity contribution in [2.45, 2.75) is 76.7 Å². The molecule has 0 amide bonds. The van der Waals surface area contributed by atoms with Gasteiger partial charge in [-0.2, -0.15) is 0 Å². The smallest absolute Gasteiger partial charge is 0.296 e. The molecule has 1 aliphatic heterocycles. The maximum atomic E-state index is 13.8. The van der Waals surface area contributed by atoms with Crippen LogP contribution >= 0.6 is 0 Å². The van der Waals surface area contributed by atoms with Gasteiger partial charge in [0, 0.05) is 18.7 Å². The number of aryl methyl sites for hydroxylation is 1. The molecule has 1 unspecified atom stereocenters. The summed E-state index contributed by atoms with van der Waals surface area (Å²) in [5, 5.41) is 3.48. The van der Waals surface area contributed by atoms with Crippen LogP contribution in [0, 0.1) is 6.92 Å². The molecule has 5 rings (SSSR count). The number of ether oxygens (including phenoxy) is 3. The van der Waals surface area contributed by atoms with Gasteiger partial charge in [0.1, 0.15) is 17.5 Å². The zero-order chi connectivity index (χ0) is 24.9. The number of anilines is 1. The number of hydrogen-bond donors (Lipinski definition) is 1. The Balaban J connectivity index is 1.18. The van der Waals surface area contributed by atoms with Crippen LogP contribution < -0.4 is 5.32 Å². The summed E-state index contributed by atoms with van der Waals surface area (Å²) in [6, 6.07) is 9.03. The van der Waals surface area contributed by atoms with Crippen molar-refractivity contribution in [1.29, 1.82) is 0 Å².